The van der Waals surface area contributed by atoms with Gasteiger partial charge >= 0.3 is 5.97 Å². The molecular formula is C19H12ClN3O6. The van der Waals surface area contributed by atoms with Crippen molar-refractivity contribution in [2.24, 2.45) is 5.10 Å². The highest BCUT2D eigenvalue weighted by Crippen LogP contribution is 2.30. The van der Waals surface area contributed by atoms with Crippen LogP contribution in [0, 0.1) is 10.1 Å². The molecule has 3 rings (SSSR count). The molecule has 0 bridgehead atoms. The van der Waals surface area contributed by atoms with Crippen molar-refractivity contribution in [2.75, 3.05) is 0 Å². The van der Waals surface area contributed by atoms with Crippen LogP contribution >= 0.6 is 11.6 Å². The minimum atomic E-state index is -1.09. The second-order valence-electron chi connectivity index (χ2n) is 5.70. The van der Waals surface area contributed by atoms with E-state index in [9.17, 15) is 19.7 Å². The van der Waals surface area contributed by atoms with E-state index in [2.05, 4.69) is 10.5 Å². The minimum absolute atomic E-state index is 0.0615. The molecule has 29 heavy (non-hydrogen) atoms. The summed E-state index contributed by atoms with van der Waals surface area (Å²) >= 11 is 6.10. The maximum atomic E-state index is 12.0. The summed E-state index contributed by atoms with van der Waals surface area (Å²) < 4.78 is 5.56. The summed E-state index contributed by atoms with van der Waals surface area (Å²) in [4.78, 5) is 33.2. The Morgan fingerprint density at radius 3 is 2.45 bits per heavy atom. The third-order valence-corrected chi connectivity index (χ3v) is 4.13. The van der Waals surface area contributed by atoms with Crippen LogP contribution in [-0.2, 0) is 0 Å². The van der Waals surface area contributed by atoms with Gasteiger partial charge in [-0.05, 0) is 42.5 Å². The molecule has 3 aromatic rings. The van der Waals surface area contributed by atoms with Crippen LogP contribution in [0.15, 0.2) is 64.1 Å². The molecule has 1 aromatic heterocycles. The topological polar surface area (TPSA) is 135 Å². The number of halogens is 1. The van der Waals surface area contributed by atoms with Crippen molar-refractivity contribution in [1.29, 1.82) is 0 Å². The van der Waals surface area contributed by atoms with Gasteiger partial charge in [0.15, 0.2) is 0 Å². The van der Waals surface area contributed by atoms with Crippen molar-refractivity contribution in [3.8, 4) is 11.3 Å². The van der Waals surface area contributed by atoms with Crippen molar-refractivity contribution < 1.29 is 24.0 Å². The van der Waals surface area contributed by atoms with Gasteiger partial charge in [-0.25, -0.2) is 10.2 Å². The Hall–Kier alpha value is -3.98. The van der Waals surface area contributed by atoms with Gasteiger partial charge in [0.25, 0.3) is 11.6 Å². The number of furan rings is 1. The number of non-ortho nitro benzene ring substituents is 1. The Balaban J connectivity index is 1.69. The van der Waals surface area contributed by atoms with Crippen molar-refractivity contribution >= 4 is 35.4 Å². The van der Waals surface area contributed by atoms with Crippen molar-refractivity contribution in [3.05, 3.63) is 86.6 Å². The first kappa shape index (κ1) is 19.8. The average Bonchev–Trinajstić information content (AvgIpc) is 3.16. The fourth-order valence-electron chi connectivity index (χ4n) is 2.37. The van der Waals surface area contributed by atoms with E-state index < -0.39 is 16.8 Å². The number of hydrazone groups is 1. The molecule has 0 aliphatic heterocycles. The number of nitrogens with zero attached hydrogens (tertiary/aromatic N) is 2. The van der Waals surface area contributed by atoms with E-state index in [-0.39, 0.29) is 16.8 Å². The molecule has 10 heteroatoms. The van der Waals surface area contributed by atoms with Crippen molar-refractivity contribution in [1.82, 2.24) is 5.43 Å². The van der Waals surface area contributed by atoms with Crippen LogP contribution in [0.25, 0.3) is 11.3 Å². The number of carbonyl (C=O) groups is 2. The standard InChI is InChI=1S/C19H12ClN3O6/c20-16-7-3-12(19(25)26)9-15(16)17-8-6-14(29-17)10-21-22-18(24)11-1-4-13(5-2-11)23(27)28/h1-10H,(H,22,24)(H,25,26). The minimum Gasteiger partial charge on any atom is -0.478 e. The Bertz CT molecular complexity index is 1120. The second kappa shape index (κ2) is 8.36. The summed E-state index contributed by atoms with van der Waals surface area (Å²) in [7, 11) is 0. The van der Waals surface area contributed by atoms with Crippen LogP contribution in [0.3, 0.4) is 0 Å². The van der Waals surface area contributed by atoms with E-state index in [1.54, 1.807) is 12.1 Å². The summed E-state index contributed by atoms with van der Waals surface area (Å²) in [5.41, 5.74) is 2.82. The van der Waals surface area contributed by atoms with Crippen LogP contribution in [0.5, 0.6) is 0 Å². The molecule has 0 fully saturated rings. The van der Waals surface area contributed by atoms with Gasteiger partial charge in [-0.15, -0.1) is 0 Å². The number of carboxylic acid groups (broad SMARTS) is 1. The number of amides is 1. The summed E-state index contributed by atoms with van der Waals surface area (Å²) in [6.45, 7) is 0. The zero-order valence-corrected chi connectivity index (χ0v) is 15.3. The van der Waals surface area contributed by atoms with Gasteiger partial charge in [-0.1, -0.05) is 11.6 Å². The third-order valence-electron chi connectivity index (χ3n) is 3.80. The molecule has 0 atom stereocenters. The van der Waals surface area contributed by atoms with Crippen molar-refractivity contribution in [2.45, 2.75) is 0 Å². The van der Waals surface area contributed by atoms with Gasteiger partial charge < -0.3 is 9.52 Å². The van der Waals surface area contributed by atoms with Gasteiger partial charge in [0.1, 0.15) is 11.5 Å². The Kier molecular flexibility index (Phi) is 5.70. The monoisotopic (exact) mass is 413 g/mol. The van der Waals surface area contributed by atoms with Crippen LogP contribution < -0.4 is 5.43 Å². The Morgan fingerprint density at radius 2 is 1.79 bits per heavy atom. The number of nitrogens with one attached hydrogen (secondary N) is 1. The van der Waals surface area contributed by atoms with Crippen LogP contribution in [0.4, 0.5) is 5.69 Å². The molecule has 0 saturated heterocycles. The maximum absolute atomic E-state index is 12.0. The third kappa shape index (κ3) is 4.66. The van der Waals surface area contributed by atoms with E-state index >= 15 is 0 Å². The first-order valence-electron chi connectivity index (χ1n) is 8.06. The average molecular weight is 414 g/mol. The first-order chi connectivity index (χ1) is 13.8. The number of aromatic carboxylic acids is 1. The maximum Gasteiger partial charge on any atom is 0.335 e. The van der Waals surface area contributed by atoms with E-state index in [1.165, 1.54) is 48.7 Å². The molecule has 0 spiro atoms. The zero-order valence-electron chi connectivity index (χ0n) is 14.5. The lowest BCUT2D eigenvalue weighted by atomic mass is 10.1. The van der Waals surface area contributed by atoms with Crippen LogP contribution in [0.1, 0.15) is 26.5 Å². The largest absolute Gasteiger partial charge is 0.478 e. The van der Waals surface area contributed by atoms with Gasteiger partial charge in [0.2, 0.25) is 0 Å². The predicted octanol–water partition coefficient (Wildman–Crippen LogP) is 3.97. The highest BCUT2D eigenvalue weighted by Gasteiger charge is 2.12. The molecule has 2 aromatic carbocycles. The number of benzene rings is 2. The van der Waals surface area contributed by atoms with Crippen LogP contribution in [-0.4, -0.2) is 28.1 Å². The molecule has 0 aliphatic carbocycles. The molecule has 0 unspecified atom stereocenters. The van der Waals surface area contributed by atoms with Crippen molar-refractivity contribution in [3.63, 3.8) is 0 Å². The highest BCUT2D eigenvalue weighted by atomic mass is 35.5. The first-order valence-corrected chi connectivity index (χ1v) is 8.44. The number of hydrogen-bond donors (Lipinski definition) is 2. The lowest BCUT2D eigenvalue weighted by Gasteiger charge is -2.02. The summed E-state index contributed by atoms with van der Waals surface area (Å²) in [5.74, 6) is -1.02. The number of carboxylic acids is 1. The van der Waals surface area contributed by atoms with E-state index in [0.717, 1.165) is 0 Å². The van der Waals surface area contributed by atoms with E-state index in [1.807, 2.05) is 0 Å². The van der Waals surface area contributed by atoms with Crippen LogP contribution in [0.2, 0.25) is 5.02 Å². The molecule has 146 valence electrons. The lowest BCUT2D eigenvalue weighted by molar-refractivity contribution is -0.384. The summed E-state index contributed by atoms with van der Waals surface area (Å²) in [6, 6.07) is 12.4. The quantitative estimate of drug-likeness (QED) is 0.356. The number of hydrogen-bond acceptors (Lipinski definition) is 6. The molecule has 1 heterocycles. The number of nitro groups is 1. The number of rotatable bonds is 6. The second-order valence-corrected chi connectivity index (χ2v) is 6.11. The van der Waals surface area contributed by atoms with E-state index in [0.29, 0.717) is 22.1 Å². The van der Waals surface area contributed by atoms with Gasteiger partial charge in [-0.2, -0.15) is 5.10 Å². The number of carbonyl (C=O) groups excluding carboxylic acids is 1. The van der Waals surface area contributed by atoms with Gasteiger partial charge in [0.05, 0.1) is 21.7 Å². The molecule has 0 saturated carbocycles. The smallest absolute Gasteiger partial charge is 0.335 e. The molecule has 9 nitrogen and oxygen atoms in total. The molecule has 0 radical (unpaired) electrons. The Morgan fingerprint density at radius 1 is 1.10 bits per heavy atom. The van der Waals surface area contributed by atoms with Gasteiger partial charge in [0, 0.05) is 23.3 Å². The number of nitro benzene ring substituents is 1. The van der Waals surface area contributed by atoms with Gasteiger partial charge in [-0.3, -0.25) is 14.9 Å². The molecule has 2 N–H and O–H groups in total. The zero-order chi connectivity index (χ0) is 21.0. The molecule has 0 aliphatic rings. The summed E-state index contributed by atoms with van der Waals surface area (Å²) in [5, 5.41) is 23.8. The normalized spacial score (nSPS) is 10.8. The predicted molar refractivity (Wildman–Crippen MR) is 104 cm³/mol. The SMILES string of the molecule is O=C(O)c1ccc(Cl)c(-c2ccc(C=NNC(=O)c3ccc([N+](=O)[O-])cc3)o2)c1. The fraction of sp³-hybridized carbons (Fsp3) is 0. The summed E-state index contributed by atoms with van der Waals surface area (Å²) in [6.07, 6.45) is 1.25. The highest BCUT2D eigenvalue weighted by molar-refractivity contribution is 6.33. The Labute approximate surface area is 168 Å². The van der Waals surface area contributed by atoms with E-state index in [4.69, 9.17) is 21.1 Å². The molecule has 1 amide bonds. The fourth-order valence-corrected chi connectivity index (χ4v) is 2.58. The lowest BCUT2D eigenvalue weighted by Crippen LogP contribution is -2.17. The molecular weight excluding hydrogens is 402 g/mol.